The van der Waals surface area contributed by atoms with Crippen molar-refractivity contribution in [3.63, 3.8) is 0 Å². The van der Waals surface area contributed by atoms with Gasteiger partial charge >= 0.3 is 0 Å². The van der Waals surface area contributed by atoms with Gasteiger partial charge in [0.2, 0.25) is 5.91 Å². The van der Waals surface area contributed by atoms with Gasteiger partial charge in [-0.05, 0) is 31.4 Å². The van der Waals surface area contributed by atoms with E-state index in [1.165, 1.54) is 0 Å². The molecule has 0 fully saturated rings. The minimum Gasteiger partial charge on any atom is -0.354 e. The van der Waals surface area contributed by atoms with Crippen molar-refractivity contribution in [1.29, 1.82) is 0 Å². The van der Waals surface area contributed by atoms with E-state index in [0.717, 1.165) is 50.4 Å². The van der Waals surface area contributed by atoms with Crippen LogP contribution in [-0.2, 0) is 24.3 Å². The van der Waals surface area contributed by atoms with E-state index < -0.39 is 0 Å². The van der Waals surface area contributed by atoms with Gasteiger partial charge in [-0.15, -0.1) is 0 Å². The lowest BCUT2D eigenvalue weighted by molar-refractivity contribution is -0.122. The third kappa shape index (κ3) is 3.37. The van der Waals surface area contributed by atoms with Gasteiger partial charge in [0.15, 0.2) is 5.82 Å². The van der Waals surface area contributed by atoms with Gasteiger partial charge < -0.3 is 9.88 Å². The Hall–Kier alpha value is -2.11. The van der Waals surface area contributed by atoms with E-state index in [9.17, 15) is 4.79 Å². The molecule has 3 heterocycles. The summed E-state index contributed by atoms with van der Waals surface area (Å²) < 4.78 is 4.05. The molecule has 0 spiro atoms. The van der Waals surface area contributed by atoms with Crippen LogP contribution in [0.3, 0.4) is 0 Å². The number of rotatable bonds is 6. The summed E-state index contributed by atoms with van der Waals surface area (Å²) in [4.78, 5) is 16.7. The average molecular weight is 301 g/mol. The van der Waals surface area contributed by atoms with Crippen LogP contribution in [0.15, 0.2) is 24.5 Å². The minimum absolute atomic E-state index is 0.0145. The summed E-state index contributed by atoms with van der Waals surface area (Å²) in [7, 11) is 0. The van der Waals surface area contributed by atoms with Crippen molar-refractivity contribution in [1.82, 2.24) is 24.6 Å². The van der Waals surface area contributed by atoms with Crippen LogP contribution in [0.4, 0.5) is 0 Å². The molecule has 0 saturated heterocycles. The van der Waals surface area contributed by atoms with Crippen molar-refractivity contribution >= 4 is 5.91 Å². The lowest BCUT2D eigenvalue weighted by Crippen LogP contribution is -2.33. The van der Waals surface area contributed by atoms with Crippen LogP contribution in [-0.4, -0.2) is 25.2 Å². The number of amides is 1. The van der Waals surface area contributed by atoms with Gasteiger partial charge in [-0.1, -0.05) is 6.92 Å². The number of fused-ring (bicyclic) bond motifs is 1. The molecule has 2 aromatic rings. The Morgan fingerprint density at radius 2 is 2.23 bits per heavy atom. The van der Waals surface area contributed by atoms with Crippen molar-refractivity contribution in [2.75, 3.05) is 0 Å². The van der Waals surface area contributed by atoms with Crippen molar-refractivity contribution in [3.8, 4) is 0 Å². The number of hydrogen-bond acceptors (Lipinski definition) is 3. The van der Waals surface area contributed by atoms with Crippen LogP contribution in [0.2, 0.25) is 0 Å². The zero-order valence-electron chi connectivity index (χ0n) is 13.0. The van der Waals surface area contributed by atoms with Gasteiger partial charge in [-0.2, -0.15) is 5.10 Å². The van der Waals surface area contributed by atoms with Crippen LogP contribution in [0, 0.1) is 0 Å². The fourth-order valence-electron chi connectivity index (χ4n) is 2.89. The highest BCUT2D eigenvalue weighted by Gasteiger charge is 2.25. The van der Waals surface area contributed by atoms with Crippen LogP contribution in [0.1, 0.15) is 50.3 Å². The van der Waals surface area contributed by atoms with Gasteiger partial charge in [0.05, 0.1) is 6.04 Å². The first-order valence-corrected chi connectivity index (χ1v) is 8.10. The van der Waals surface area contributed by atoms with Gasteiger partial charge in [-0.3, -0.25) is 4.79 Å². The van der Waals surface area contributed by atoms with Crippen LogP contribution >= 0.6 is 0 Å². The third-order valence-corrected chi connectivity index (χ3v) is 4.06. The molecule has 3 rings (SSSR count). The molecule has 2 aromatic heterocycles. The van der Waals surface area contributed by atoms with Gasteiger partial charge in [-0.25, -0.2) is 9.67 Å². The summed E-state index contributed by atoms with van der Waals surface area (Å²) >= 11 is 0. The number of nitrogens with zero attached hydrogens (tertiary/aromatic N) is 4. The molecular weight excluding hydrogens is 278 g/mol. The van der Waals surface area contributed by atoms with Crippen molar-refractivity contribution < 1.29 is 4.79 Å². The third-order valence-electron chi connectivity index (χ3n) is 4.06. The molecule has 0 aromatic carbocycles. The smallest absolute Gasteiger partial charge is 0.220 e. The topological polar surface area (TPSA) is 64.7 Å². The Morgan fingerprint density at radius 1 is 1.41 bits per heavy atom. The largest absolute Gasteiger partial charge is 0.354 e. The molecule has 1 amide bonds. The maximum Gasteiger partial charge on any atom is 0.220 e. The number of aromatic nitrogens is 4. The second kappa shape index (κ2) is 6.77. The molecule has 6 nitrogen and oxygen atoms in total. The molecule has 0 saturated carbocycles. The quantitative estimate of drug-likeness (QED) is 0.888. The Morgan fingerprint density at radius 3 is 3.00 bits per heavy atom. The fraction of sp³-hybridized carbons (Fsp3) is 0.562. The van der Waals surface area contributed by atoms with Crippen LogP contribution in [0.5, 0.6) is 0 Å². The SMILES string of the molecule is CCc1nc2n(n1)CCCC2NC(=O)CCCn1cccc1. The molecule has 22 heavy (non-hydrogen) atoms. The van der Waals surface area contributed by atoms with Crippen molar-refractivity contribution in [2.24, 2.45) is 0 Å². The highest BCUT2D eigenvalue weighted by Crippen LogP contribution is 2.23. The van der Waals surface area contributed by atoms with Gasteiger partial charge in [0, 0.05) is 38.3 Å². The van der Waals surface area contributed by atoms with E-state index in [2.05, 4.69) is 26.9 Å². The molecule has 1 N–H and O–H groups in total. The first-order valence-electron chi connectivity index (χ1n) is 8.10. The fourth-order valence-corrected chi connectivity index (χ4v) is 2.89. The van der Waals surface area contributed by atoms with E-state index in [1.54, 1.807) is 0 Å². The molecule has 0 radical (unpaired) electrons. The molecule has 0 aliphatic carbocycles. The number of nitrogens with one attached hydrogen (secondary N) is 1. The maximum atomic E-state index is 12.1. The van der Waals surface area contributed by atoms with Crippen molar-refractivity contribution in [2.45, 2.75) is 58.2 Å². The second-order valence-corrected chi connectivity index (χ2v) is 5.75. The summed E-state index contributed by atoms with van der Waals surface area (Å²) in [6.45, 7) is 3.83. The van der Waals surface area contributed by atoms with Gasteiger partial charge in [0.1, 0.15) is 5.82 Å². The lowest BCUT2D eigenvalue weighted by Gasteiger charge is -2.23. The highest BCUT2D eigenvalue weighted by atomic mass is 16.1. The summed E-state index contributed by atoms with van der Waals surface area (Å²) in [6, 6.07) is 4.01. The normalized spacial score (nSPS) is 17.2. The standard InChI is InChI=1S/C16H23N5O/c1-2-14-18-16-13(7-5-12-21(16)19-14)17-15(22)8-6-11-20-9-3-4-10-20/h3-4,9-10,13H,2,5-8,11-12H2,1H3,(H,17,22). The molecule has 1 unspecified atom stereocenters. The van der Waals surface area contributed by atoms with Crippen molar-refractivity contribution in [3.05, 3.63) is 36.2 Å². The molecule has 0 bridgehead atoms. The molecule has 1 aliphatic rings. The highest BCUT2D eigenvalue weighted by molar-refractivity contribution is 5.76. The monoisotopic (exact) mass is 301 g/mol. The van der Waals surface area contributed by atoms with E-state index in [-0.39, 0.29) is 11.9 Å². The minimum atomic E-state index is 0.0145. The number of aryl methyl sites for hydroxylation is 3. The molecule has 1 aliphatic heterocycles. The van der Waals surface area contributed by atoms with Crippen LogP contribution in [0.25, 0.3) is 0 Å². The first kappa shape index (κ1) is 14.8. The molecule has 6 heteroatoms. The first-order chi connectivity index (χ1) is 10.8. The van der Waals surface area contributed by atoms with E-state index >= 15 is 0 Å². The summed E-state index contributed by atoms with van der Waals surface area (Å²) in [5, 5.41) is 7.59. The molecular formula is C16H23N5O. The number of hydrogen-bond donors (Lipinski definition) is 1. The van der Waals surface area contributed by atoms with Crippen LogP contribution < -0.4 is 5.32 Å². The van der Waals surface area contributed by atoms with Gasteiger partial charge in [0.25, 0.3) is 0 Å². The molecule has 1 atom stereocenters. The summed E-state index contributed by atoms with van der Waals surface area (Å²) in [5.74, 6) is 1.89. The Kier molecular flexibility index (Phi) is 4.56. The lowest BCUT2D eigenvalue weighted by atomic mass is 10.1. The summed E-state index contributed by atoms with van der Waals surface area (Å²) in [5.41, 5.74) is 0. The van der Waals surface area contributed by atoms with E-state index in [1.807, 2.05) is 29.2 Å². The van der Waals surface area contributed by atoms with E-state index in [0.29, 0.717) is 6.42 Å². The second-order valence-electron chi connectivity index (χ2n) is 5.75. The zero-order chi connectivity index (χ0) is 15.4. The Labute approximate surface area is 130 Å². The predicted molar refractivity (Wildman–Crippen MR) is 83.2 cm³/mol. The number of carbonyl (C=O) groups excluding carboxylic acids is 1. The van der Waals surface area contributed by atoms with E-state index in [4.69, 9.17) is 0 Å². The Balaban J connectivity index is 1.52. The zero-order valence-corrected chi connectivity index (χ0v) is 13.0. The number of carbonyl (C=O) groups is 1. The average Bonchev–Trinajstić information content (AvgIpc) is 3.16. The maximum absolute atomic E-state index is 12.1. The molecule has 118 valence electrons. The predicted octanol–water partition coefficient (Wildman–Crippen LogP) is 2.07. The Bertz CT molecular complexity index is 617. The summed E-state index contributed by atoms with van der Waals surface area (Å²) in [6.07, 6.45) is 8.25.